The van der Waals surface area contributed by atoms with Gasteiger partial charge in [0.15, 0.2) is 11.4 Å². The van der Waals surface area contributed by atoms with Crippen molar-refractivity contribution < 1.29 is 9.15 Å². The normalized spacial score (nSPS) is 16.7. The number of aromatic nitrogens is 4. The maximum atomic E-state index is 6.17. The van der Waals surface area contributed by atoms with Crippen molar-refractivity contribution in [3.63, 3.8) is 0 Å². The zero-order valence-corrected chi connectivity index (χ0v) is 16.4. The maximum Gasteiger partial charge on any atom is 0.266 e. The van der Waals surface area contributed by atoms with E-state index in [2.05, 4.69) is 24.0 Å². The van der Waals surface area contributed by atoms with Crippen molar-refractivity contribution in [2.45, 2.75) is 65.2 Å². The Bertz CT molecular complexity index is 908. The van der Waals surface area contributed by atoms with Crippen LogP contribution in [0.2, 0.25) is 0 Å². The van der Waals surface area contributed by atoms with E-state index in [0.29, 0.717) is 17.7 Å². The zero-order chi connectivity index (χ0) is 18.8. The van der Waals surface area contributed by atoms with Crippen LogP contribution in [-0.4, -0.2) is 26.2 Å². The van der Waals surface area contributed by atoms with Gasteiger partial charge in [-0.15, -0.1) is 10.2 Å². The summed E-state index contributed by atoms with van der Waals surface area (Å²) in [5, 5.41) is 8.49. The minimum Gasteiger partial charge on any atom is -0.489 e. The fourth-order valence-corrected chi connectivity index (χ4v) is 3.79. The second-order valence-electron chi connectivity index (χ2n) is 7.68. The monoisotopic (exact) mass is 368 g/mol. The number of rotatable bonds is 6. The van der Waals surface area contributed by atoms with Crippen molar-refractivity contribution in [2.75, 3.05) is 6.61 Å². The SMILES string of the molecule is CCC(C)c1nnc(-c2c(C)nc3c(OCC4CCCCC4)cccn23)o1. The number of pyridine rings is 1. The first kappa shape index (κ1) is 18.0. The van der Waals surface area contributed by atoms with E-state index in [9.17, 15) is 0 Å². The fraction of sp³-hybridized carbons (Fsp3) is 0.571. The lowest BCUT2D eigenvalue weighted by Gasteiger charge is -2.21. The van der Waals surface area contributed by atoms with Crippen LogP contribution in [0.1, 0.15) is 69.9 Å². The van der Waals surface area contributed by atoms with Crippen LogP contribution in [0.15, 0.2) is 22.7 Å². The van der Waals surface area contributed by atoms with Gasteiger partial charge in [-0.3, -0.25) is 4.40 Å². The highest BCUT2D eigenvalue weighted by atomic mass is 16.5. The number of nitrogens with zero attached hydrogens (tertiary/aromatic N) is 4. The van der Waals surface area contributed by atoms with Crippen molar-refractivity contribution in [3.8, 4) is 17.3 Å². The molecule has 0 spiro atoms. The van der Waals surface area contributed by atoms with E-state index in [1.807, 2.05) is 29.7 Å². The summed E-state index contributed by atoms with van der Waals surface area (Å²) in [6.45, 7) is 6.94. The van der Waals surface area contributed by atoms with Crippen molar-refractivity contribution >= 4 is 5.65 Å². The Kier molecular flexibility index (Phi) is 5.14. The van der Waals surface area contributed by atoms with Crippen molar-refractivity contribution in [1.82, 2.24) is 19.6 Å². The van der Waals surface area contributed by atoms with Crippen LogP contribution in [-0.2, 0) is 0 Å². The van der Waals surface area contributed by atoms with Crippen LogP contribution in [0.3, 0.4) is 0 Å². The van der Waals surface area contributed by atoms with Gasteiger partial charge in [0.2, 0.25) is 5.89 Å². The molecule has 27 heavy (non-hydrogen) atoms. The lowest BCUT2D eigenvalue weighted by Crippen LogP contribution is -2.15. The number of aryl methyl sites for hydroxylation is 1. The van der Waals surface area contributed by atoms with Gasteiger partial charge >= 0.3 is 0 Å². The van der Waals surface area contributed by atoms with Gasteiger partial charge in [0.1, 0.15) is 5.69 Å². The smallest absolute Gasteiger partial charge is 0.266 e. The molecule has 1 saturated carbocycles. The summed E-state index contributed by atoms with van der Waals surface area (Å²) < 4.78 is 14.1. The lowest BCUT2D eigenvalue weighted by molar-refractivity contribution is 0.210. The van der Waals surface area contributed by atoms with E-state index >= 15 is 0 Å². The van der Waals surface area contributed by atoms with E-state index < -0.39 is 0 Å². The average molecular weight is 368 g/mol. The summed E-state index contributed by atoms with van der Waals surface area (Å²) in [6.07, 6.45) is 9.47. The minimum absolute atomic E-state index is 0.250. The summed E-state index contributed by atoms with van der Waals surface area (Å²) in [5.41, 5.74) is 2.52. The van der Waals surface area contributed by atoms with Gasteiger partial charge in [0.25, 0.3) is 5.89 Å². The molecule has 0 radical (unpaired) electrons. The fourth-order valence-electron chi connectivity index (χ4n) is 3.79. The number of ether oxygens (including phenoxy) is 1. The van der Waals surface area contributed by atoms with Gasteiger partial charge in [-0.25, -0.2) is 4.98 Å². The molecule has 0 N–H and O–H groups in total. The van der Waals surface area contributed by atoms with E-state index in [1.54, 1.807) is 0 Å². The summed E-state index contributed by atoms with van der Waals surface area (Å²) in [6, 6.07) is 3.98. The Morgan fingerprint density at radius 3 is 2.85 bits per heavy atom. The van der Waals surface area contributed by atoms with Crippen LogP contribution in [0.4, 0.5) is 0 Å². The van der Waals surface area contributed by atoms with Gasteiger partial charge < -0.3 is 9.15 Å². The van der Waals surface area contributed by atoms with Crippen molar-refractivity contribution in [3.05, 3.63) is 29.9 Å². The second kappa shape index (κ2) is 7.71. The Hall–Kier alpha value is -2.37. The molecule has 3 heterocycles. The predicted octanol–water partition coefficient (Wildman–Crippen LogP) is 5.17. The third-order valence-electron chi connectivity index (χ3n) is 5.66. The second-order valence-corrected chi connectivity index (χ2v) is 7.68. The Morgan fingerprint density at radius 2 is 2.07 bits per heavy atom. The summed E-state index contributed by atoms with van der Waals surface area (Å²) >= 11 is 0. The molecule has 1 aliphatic carbocycles. The summed E-state index contributed by atoms with van der Waals surface area (Å²) in [5.74, 6) is 2.91. The molecule has 0 amide bonds. The van der Waals surface area contributed by atoms with Gasteiger partial charge in [-0.1, -0.05) is 33.1 Å². The number of fused-ring (bicyclic) bond motifs is 1. The molecular formula is C21H28N4O2. The molecule has 0 aromatic carbocycles. The van der Waals surface area contributed by atoms with E-state index in [4.69, 9.17) is 14.1 Å². The zero-order valence-electron chi connectivity index (χ0n) is 16.4. The highest BCUT2D eigenvalue weighted by Gasteiger charge is 2.21. The lowest BCUT2D eigenvalue weighted by atomic mass is 9.90. The van der Waals surface area contributed by atoms with Crippen LogP contribution >= 0.6 is 0 Å². The quantitative estimate of drug-likeness (QED) is 0.601. The van der Waals surface area contributed by atoms with Crippen LogP contribution in [0, 0.1) is 12.8 Å². The molecule has 1 aliphatic rings. The largest absolute Gasteiger partial charge is 0.489 e. The molecular weight excluding hydrogens is 340 g/mol. The van der Waals surface area contributed by atoms with Gasteiger partial charge in [-0.2, -0.15) is 0 Å². The molecule has 6 nitrogen and oxygen atoms in total. The minimum atomic E-state index is 0.250. The summed E-state index contributed by atoms with van der Waals surface area (Å²) in [7, 11) is 0. The van der Waals surface area contributed by atoms with E-state index in [0.717, 1.165) is 35.8 Å². The topological polar surface area (TPSA) is 65.5 Å². The van der Waals surface area contributed by atoms with E-state index in [-0.39, 0.29) is 5.92 Å². The van der Waals surface area contributed by atoms with Crippen LogP contribution in [0.5, 0.6) is 5.75 Å². The molecule has 3 aromatic rings. The molecule has 6 heteroatoms. The molecule has 3 aromatic heterocycles. The Labute approximate surface area is 160 Å². The summed E-state index contributed by atoms with van der Waals surface area (Å²) in [4.78, 5) is 4.74. The van der Waals surface area contributed by atoms with Crippen LogP contribution < -0.4 is 4.74 Å². The third-order valence-corrected chi connectivity index (χ3v) is 5.66. The van der Waals surface area contributed by atoms with Gasteiger partial charge in [0.05, 0.1) is 12.3 Å². The van der Waals surface area contributed by atoms with Crippen molar-refractivity contribution in [1.29, 1.82) is 0 Å². The molecule has 0 bridgehead atoms. The Morgan fingerprint density at radius 1 is 1.26 bits per heavy atom. The number of hydrogen-bond acceptors (Lipinski definition) is 5. The molecule has 1 fully saturated rings. The maximum absolute atomic E-state index is 6.17. The van der Waals surface area contributed by atoms with Crippen LogP contribution in [0.25, 0.3) is 17.2 Å². The molecule has 1 atom stereocenters. The third kappa shape index (κ3) is 3.57. The first-order valence-corrected chi connectivity index (χ1v) is 10.1. The highest BCUT2D eigenvalue weighted by molar-refractivity contribution is 5.65. The van der Waals surface area contributed by atoms with Crippen molar-refractivity contribution in [2.24, 2.45) is 5.92 Å². The molecule has 4 rings (SSSR count). The molecule has 0 aliphatic heterocycles. The molecule has 1 unspecified atom stereocenters. The number of hydrogen-bond donors (Lipinski definition) is 0. The number of imidazole rings is 1. The Balaban J connectivity index is 1.63. The highest BCUT2D eigenvalue weighted by Crippen LogP contribution is 2.31. The predicted molar refractivity (Wildman–Crippen MR) is 104 cm³/mol. The first-order chi connectivity index (χ1) is 13.2. The standard InChI is InChI=1S/C21H28N4O2/c1-4-14(2)20-23-24-21(27-20)18-15(3)22-19-17(11-8-12-25(18)19)26-13-16-9-6-5-7-10-16/h8,11-12,14,16H,4-7,9-10,13H2,1-3H3. The van der Waals surface area contributed by atoms with E-state index in [1.165, 1.54) is 32.1 Å². The first-order valence-electron chi connectivity index (χ1n) is 10.1. The molecule has 0 saturated heterocycles. The van der Waals surface area contributed by atoms with Gasteiger partial charge in [-0.05, 0) is 44.2 Å². The average Bonchev–Trinajstić information content (AvgIpc) is 3.30. The van der Waals surface area contributed by atoms with Gasteiger partial charge in [0, 0.05) is 12.1 Å². The molecule has 144 valence electrons.